The molecule has 1 amide bonds. The third kappa shape index (κ3) is 5.46. The van der Waals surface area contributed by atoms with Gasteiger partial charge in [-0.15, -0.1) is 0 Å². The lowest BCUT2D eigenvalue weighted by Gasteiger charge is -2.22. The predicted molar refractivity (Wildman–Crippen MR) is 121 cm³/mol. The summed E-state index contributed by atoms with van der Waals surface area (Å²) in [6.45, 7) is 2.96. The molecule has 1 aliphatic carbocycles. The van der Waals surface area contributed by atoms with Gasteiger partial charge < -0.3 is 20.1 Å². The van der Waals surface area contributed by atoms with Crippen molar-refractivity contribution in [2.45, 2.75) is 26.3 Å². The van der Waals surface area contributed by atoms with E-state index in [-0.39, 0.29) is 47.5 Å². The molecule has 1 aliphatic rings. The number of carbonyl (C=O) groups is 4. The number of esters is 1. The minimum Gasteiger partial charge on any atom is -0.496 e. The van der Waals surface area contributed by atoms with E-state index in [1.54, 1.807) is 25.1 Å². The Morgan fingerprint density at radius 1 is 1.00 bits per heavy atom. The maximum atomic E-state index is 13.0. The van der Waals surface area contributed by atoms with Gasteiger partial charge >= 0.3 is 5.97 Å². The maximum absolute atomic E-state index is 13.0. The Kier molecular flexibility index (Phi) is 7.61. The lowest BCUT2D eigenvalue weighted by molar-refractivity contribution is -0.147. The van der Waals surface area contributed by atoms with E-state index < -0.39 is 12.0 Å². The zero-order valence-corrected chi connectivity index (χ0v) is 18.8. The van der Waals surface area contributed by atoms with Crippen molar-refractivity contribution in [1.29, 1.82) is 0 Å². The van der Waals surface area contributed by atoms with E-state index in [2.05, 4.69) is 10.6 Å². The van der Waals surface area contributed by atoms with Crippen molar-refractivity contribution in [3.05, 3.63) is 76.5 Å². The molecule has 0 radical (unpaired) electrons. The van der Waals surface area contributed by atoms with Crippen molar-refractivity contribution in [2.75, 3.05) is 20.3 Å². The van der Waals surface area contributed by atoms with Gasteiger partial charge in [0.2, 0.25) is 11.7 Å². The van der Waals surface area contributed by atoms with Crippen LogP contribution in [-0.2, 0) is 20.7 Å². The third-order valence-corrected chi connectivity index (χ3v) is 5.25. The van der Waals surface area contributed by atoms with Crippen LogP contribution in [0.2, 0.25) is 0 Å². The summed E-state index contributed by atoms with van der Waals surface area (Å²) in [4.78, 5) is 49.8. The van der Waals surface area contributed by atoms with E-state index in [1.165, 1.54) is 14.0 Å². The summed E-state index contributed by atoms with van der Waals surface area (Å²) in [6.07, 6.45) is 0.292. The van der Waals surface area contributed by atoms with Crippen molar-refractivity contribution < 1.29 is 28.7 Å². The summed E-state index contributed by atoms with van der Waals surface area (Å²) >= 11 is 0. The number of Topliss-reactive ketones (excluding diaryl/α,β-unsaturated/α-hetero) is 2. The van der Waals surface area contributed by atoms with Crippen molar-refractivity contribution in [3.63, 3.8) is 0 Å². The number of rotatable bonds is 9. The van der Waals surface area contributed by atoms with Gasteiger partial charge in [-0.25, -0.2) is 4.79 Å². The Hall–Kier alpha value is -3.94. The van der Waals surface area contributed by atoms with E-state index in [1.807, 2.05) is 30.3 Å². The van der Waals surface area contributed by atoms with Gasteiger partial charge in [0, 0.05) is 31.0 Å². The molecule has 0 aromatic heterocycles. The van der Waals surface area contributed by atoms with Crippen LogP contribution in [0.1, 0.15) is 40.1 Å². The second-order valence-corrected chi connectivity index (χ2v) is 7.58. The summed E-state index contributed by atoms with van der Waals surface area (Å²) in [5, 5.41) is 5.52. The average Bonchev–Trinajstić information content (AvgIpc) is 2.81. The molecule has 2 aromatic rings. The largest absolute Gasteiger partial charge is 0.496 e. The molecule has 0 heterocycles. The standard InChI is InChI=1S/C25H26N2O6/c1-15-22(24(30)21-18(23(15)29)10-7-11-20(21)32-3)26-12-13-33-25(31)19(27-16(2)28)14-17-8-5-4-6-9-17/h4-11,19,26H,12-14H2,1-3H3,(H,27,28)/t19-/m0/s1. The van der Waals surface area contributed by atoms with Gasteiger partial charge in [-0.1, -0.05) is 42.5 Å². The Balaban J connectivity index is 1.62. The Labute approximate surface area is 192 Å². The summed E-state index contributed by atoms with van der Waals surface area (Å²) in [5.41, 5.74) is 1.82. The van der Waals surface area contributed by atoms with E-state index in [0.717, 1.165) is 5.56 Å². The fourth-order valence-corrected chi connectivity index (χ4v) is 3.67. The first-order valence-electron chi connectivity index (χ1n) is 10.5. The minimum absolute atomic E-state index is 0.0548. The summed E-state index contributed by atoms with van der Waals surface area (Å²) in [5.74, 6) is -1.23. The molecule has 0 aliphatic heterocycles. The highest BCUT2D eigenvalue weighted by Crippen LogP contribution is 2.31. The van der Waals surface area contributed by atoms with Crippen molar-refractivity contribution in [2.24, 2.45) is 0 Å². The van der Waals surface area contributed by atoms with E-state index in [0.29, 0.717) is 17.7 Å². The fraction of sp³-hybridized carbons (Fsp3) is 0.280. The normalized spacial score (nSPS) is 13.8. The molecule has 2 aromatic carbocycles. The Bertz CT molecular complexity index is 1110. The van der Waals surface area contributed by atoms with Crippen LogP contribution >= 0.6 is 0 Å². The lowest BCUT2D eigenvalue weighted by atomic mass is 9.87. The van der Waals surface area contributed by atoms with Gasteiger partial charge in [-0.2, -0.15) is 0 Å². The number of nitrogens with one attached hydrogen (secondary N) is 2. The monoisotopic (exact) mass is 450 g/mol. The molecule has 0 unspecified atom stereocenters. The number of methoxy groups -OCH3 is 1. The van der Waals surface area contributed by atoms with E-state index >= 15 is 0 Å². The Morgan fingerprint density at radius 3 is 2.39 bits per heavy atom. The van der Waals surface area contributed by atoms with Gasteiger partial charge in [-0.3, -0.25) is 14.4 Å². The second-order valence-electron chi connectivity index (χ2n) is 7.58. The summed E-state index contributed by atoms with van der Waals surface area (Å²) < 4.78 is 10.6. The molecule has 1 atom stereocenters. The van der Waals surface area contributed by atoms with Gasteiger partial charge in [0.05, 0.1) is 18.4 Å². The highest BCUT2D eigenvalue weighted by Gasteiger charge is 2.32. The van der Waals surface area contributed by atoms with Crippen LogP contribution in [0.4, 0.5) is 0 Å². The van der Waals surface area contributed by atoms with E-state index in [9.17, 15) is 19.2 Å². The first-order valence-corrected chi connectivity index (χ1v) is 10.5. The number of allylic oxidation sites excluding steroid dienone is 2. The maximum Gasteiger partial charge on any atom is 0.329 e. The molecule has 0 saturated heterocycles. The third-order valence-electron chi connectivity index (χ3n) is 5.25. The van der Waals surface area contributed by atoms with Crippen LogP contribution in [0.15, 0.2) is 59.8 Å². The van der Waals surface area contributed by atoms with Crippen LogP contribution in [0.25, 0.3) is 0 Å². The molecule has 0 bridgehead atoms. The highest BCUT2D eigenvalue weighted by molar-refractivity contribution is 6.27. The molecule has 0 spiro atoms. The smallest absolute Gasteiger partial charge is 0.329 e. The minimum atomic E-state index is -0.833. The van der Waals surface area contributed by atoms with Gasteiger partial charge in [0.1, 0.15) is 18.4 Å². The summed E-state index contributed by atoms with van der Waals surface area (Å²) in [6, 6.07) is 13.3. The van der Waals surface area contributed by atoms with Crippen LogP contribution in [0, 0.1) is 0 Å². The van der Waals surface area contributed by atoms with Crippen LogP contribution in [0.5, 0.6) is 5.75 Å². The zero-order chi connectivity index (χ0) is 24.0. The molecular formula is C25H26N2O6. The first-order chi connectivity index (χ1) is 15.8. The average molecular weight is 450 g/mol. The van der Waals surface area contributed by atoms with Crippen LogP contribution < -0.4 is 15.4 Å². The van der Waals surface area contributed by atoms with Crippen molar-refractivity contribution >= 4 is 23.4 Å². The second kappa shape index (κ2) is 10.6. The highest BCUT2D eigenvalue weighted by atomic mass is 16.5. The number of benzene rings is 2. The number of hydrogen-bond acceptors (Lipinski definition) is 7. The molecule has 3 rings (SSSR count). The van der Waals surface area contributed by atoms with Gasteiger partial charge in [0.15, 0.2) is 5.78 Å². The van der Waals surface area contributed by atoms with Gasteiger partial charge in [0.25, 0.3) is 0 Å². The molecule has 2 N–H and O–H groups in total. The van der Waals surface area contributed by atoms with Crippen molar-refractivity contribution in [1.82, 2.24) is 10.6 Å². The lowest BCUT2D eigenvalue weighted by Crippen LogP contribution is -2.43. The Morgan fingerprint density at radius 2 is 1.73 bits per heavy atom. The number of hydrogen-bond donors (Lipinski definition) is 2. The number of ether oxygens (including phenoxy) is 2. The summed E-state index contributed by atoms with van der Waals surface area (Å²) in [7, 11) is 1.44. The molecule has 172 valence electrons. The molecule has 0 fully saturated rings. The van der Waals surface area contributed by atoms with Crippen LogP contribution in [-0.4, -0.2) is 49.7 Å². The number of amides is 1. The predicted octanol–water partition coefficient (Wildman–Crippen LogP) is 2.23. The number of fused-ring (bicyclic) bond motifs is 1. The molecule has 0 saturated carbocycles. The molecule has 33 heavy (non-hydrogen) atoms. The van der Waals surface area contributed by atoms with Crippen molar-refractivity contribution in [3.8, 4) is 5.75 Å². The number of ketones is 2. The quantitative estimate of drug-likeness (QED) is 0.445. The number of carbonyl (C=O) groups excluding carboxylic acids is 4. The fourth-order valence-electron chi connectivity index (χ4n) is 3.67. The first kappa shape index (κ1) is 23.7. The van der Waals surface area contributed by atoms with E-state index in [4.69, 9.17) is 9.47 Å². The van der Waals surface area contributed by atoms with Crippen LogP contribution in [0.3, 0.4) is 0 Å². The zero-order valence-electron chi connectivity index (χ0n) is 18.8. The topological polar surface area (TPSA) is 111 Å². The SMILES string of the molecule is COc1cccc2c1C(=O)C(NCCOC(=O)[C@H](Cc1ccccc1)NC(C)=O)=C(C)C2=O. The molecule has 8 heteroatoms. The molecular weight excluding hydrogens is 424 g/mol. The molecule has 8 nitrogen and oxygen atoms in total. The van der Waals surface area contributed by atoms with Gasteiger partial charge in [-0.05, 0) is 18.6 Å².